The molecule has 0 bridgehead atoms. The molecule has 134 valence electrons. The molecule has 0 fully saturated rings. The lowest BCUT2D eigenvalue weighted by Crippen LogP contribution is -2.15. The number of halogens is 1. The van der Waals surface area contributed by atoms with Gasteiger partial charge in [0.25, 0.3) is 0 Å². The third-order valence-electron chi connectivity index (χ3n) is 5.53. The molecule has 2 aromatic heterocycles. The summed E-state index contributed by atoms with van der Waals surface area (Å²) in [5.41, 5.74) is 12.1. The van der Waals surface area contributed by atoms with Gasteiger partial charge in [-0.15, -0.1) is 0 Å². The molecule has 4 rings (SSSR count). The van der Waals surface area contributed by atoms with Crippen LogP contribution in [0.2, 0.25) is 0 Å². The number of aryl methyl sites for hydroxylation is 1. The predicted molar refractivity (Wildman–Crippen MR) is 106 cm³/mol. The topological polar surface area (TPSA) is 46.7 Å². The fourth-order valence-electron chi connectivity index (χ4n) is 4.19. The maximum Gasteiger partial charge on any atom is 0.123 e. The minimum atomic E-state index is -0.215. The molecule has 2 aromatic carbocycles. The summed E-state index contributed by atoms with van der Waals surface area (Å²) in [6, 6.07) is 13.4. The normalized spacial score (nSPS) is 12.9. The molecule has 4 aromatic rings. The molecule has 0 aliphatic carbocycles. The summed E-state index contributed by atoms with van der Waals surface area (Å²) in [5, 5.41) is 2.22. The van der Waals surface area contributed by atoms with Crippen molar-refractivity contribution in [3.63, 3.8) is 0 Å². The maximum atomic E-state index is 13.8. The number of fused-ring (bicyclic) bond motifs is 2. The van der Waals surface area contributed by atoms with Gasteiger partial charge in [-0.1, -0.05) is 18.2 Å². The summed E-state index contributed by atoms with van der Waals surface area (Å²) < 4.78 is 16.1. The smallest absolute Gasteiger partial charge is 0.123 e. The van der Waals surface area contributed by atoms with Crippen molar-refractivity contribution in [2.75, 3.05) is 6.54 Å². The highest BCUT2D eigenvalue weighted by Gasteiger charge is 2.20. The van der Waals surface area contributed by atoms with Crippen LogP contribution in [0.1, 0.15) is 29.7 Å². The first-order valence-electron chi connectivity index (χ1n) is 9.17. The summed E-state index contributed by atoms with van der Waals surface area (Å²) in [7, 11) is 0. The average molecular weight is 349 g/mol. The van der Waals surface area contributed by atoms with E-state index in [2.05, 4.69) is 47.7 Å². The van der Waals surface area contributed by atoms with E-state index in [1.165, 1.54) is 28.2 Å². The molecule has 1 atom stereocenters. The Morgan fingerprint density at radius 2 is 1.96 bits per heavy atom. The Morgan fingerprint density at radius 3 is 2.73 bits per heavy atom. The predicted octanol–water partition coefficient (Wildman–Crippen LogP) is 4.88. The van der Waals surface area contributed by atoms with Crippen molar-refractivity contribution < 1.29 is 4.39 Å². The van der Waals surface area contributed by atoms with Crippen molar-refractivity contribution in [1.82, 2.24) is 9.55 Å². The van der Waals surface area contributed by atoms with E-state index in [-0.39, 0.29) is 11.7 Å². The first-order valence-corrected chi connectivity index (χ1v) is 9.17. The van der Waals surface area contributed by atoms with E-state index in [9.17, 15) is 4.39 Å². The van der Waals surface area contributed by atoms with Gasteiger partial charge in [0.1, 0.15) is 5.82 Å². The number of benzene rings is 2. The van der Waals surface area contributed by atoms with Gasteiger partial charge in [0.2, 0.25) is 0 Å². The quantitative estimate of drug-likeness (QED) is 0.530. The highest BCUT2D eigenvalue weighted by Crippen LogP contribution is 2.33. The number of hydrogen-bond acceptors (Lipinski definition) is 1. The van der Waals surface area contributed by atoms with Gasteiger partial charge < -0.3 is 15.3 Å². The van der Waals surface area contributed by atoms with Crippen LogP contribution < -0.4 is 5.73 Å². The molecule has 26 heavy (non-hydrogen) atoms. The Labute approximate surface area is 152 Å². The van der Waals surface area contributed by atoms with E-state index in [1.54, 1.807) is 12.1 Å². The number of aromatic nitrogens is 2. The lowest BCUT2D eigenvalue weighted by molar-refractivity contribution is 0.629. The van der Waals surface area contributed by atoms with Gasteiger partial charge in [-0.2, -0.15) is 0 Å². The van der Waals surface area contributed by atoms with Gasteiger partial charge in [-0.3, -0.25) is 0 Å². The van der Waals surface area contributed by atoms with Crippen molar-refractivity contribution in [3.8, 4) is 0 Å². The van der Waals surface area contributed by atoms with Crippen LogP contribution in [-0.4, -0.2) is 16.1 Å². The summed E-state index contributed by atoms with van der Waals surface area (Å²) in [6.07, 6.45) is 2.83. The Balaban J connectivity index is 1.81. The zero-order valence-corrected chi connectivity index (χ0v) is 15.2. The summed E-state index contributed by atoms with van der Waals surface area (Å²) in [4.78, 5) is 3.26. The van der Waals surface area contributed by atoms with Crippen molar-refractivity contribution >= 4 is 21.8 Å². The molecule has 1 unspecified atom stereocenters. The second-order valence-corrected chi connectivity index (χ2v) is 6.90. The average Bonchev–Trinajstić information content (AvgIpc) is 3.18. The summed E-state index contributed by atoms with van der Waals surface area (Å²) in [6.45, 7) is 5.82. The van der Waals surface area contributed by atoms with Gasteiger partial charge in [0, 0.05) is 46.2 Å². The zero-order valence-electron chi connectivity index (χ0n) is 15.2. The number of aromatic amines is 1. The van der Waals surface area contributed by atoms with Gasteiger partial charge in [0.15, 0.2) is 0 Å². The molecule has 4 heteroatoms. The summed E-state index contributed by atoms with van der Waals surface area (Å²) in [5.74, 6) is -0.0757. The second kappa shape index (κ2) is 6.61. The monoisotopic (exact) mass is 349 g/mol. The number of rotatable bonds is 5. The third-order valence-corrected chi connectivity index (χ3v) is 5.53. The highest BCUT2D eigenvalue weighted by atomic mass is 19.1. The van der Waals surface area contributed by atoms with Gasteiger partial charge in [-0.25, -0.2) is 4.39 Å². The Kier molecular flexibility index (Phi) is 4.29. The van der Waals surface area contributed by atoms with Crippen LogP contribution in [0.4, 0.5) is 4.39 Å². The molecule has 3 nitrogen and oxygen atoms in total. The number of hydrogen-bond donors (Lipinski definition) is 2. The van der Waals surface area contributed by atoms with Crippen LogP contribution in [0, 0.1) is 12.7 Å². The van der Waals surface area contributed by atoms with Gasteiger partial charge >= 0.3 is 0 Å². The highest BCUT2D eigenvalue weighted by molar-refractivity contribution is 5.86. The van der Waals surface area contributed by atoms with Crippen molar-refractivity contribution in [3.05, 3.63) is 71.3 Å². The molecule has 0 saturated heterocycles. The third kappa shape index (κ3) is 2.61. The van der Waals surface area contributed by atoms with Crippen LogP contribution in [-0.2, 0) is 13.0 Å². The Morgan fingerprint density at radius 1 is 1.15 bits per heavy atom. The van der Waals surface area contributed by atoms with E-state index in [0.717, 1.165) is 29.4 Å². The molecule has 0 spiro atoms. The molecule has 3 N–H and O–H groups in total. The maximum absolute atomic E-state index is 13.8. The van der Waals surface area contributed by atoms with E-state index >= 15 is 0 Å². The molecule has 0 saturated carbocycles. The SMILES string of the molecule is CCn1c(C)c(CC(CN)c2c[nH]c3ccc(F)cc23)c2ccccc21. The van der Waals surface area contributed by atoms with Crippen LogP contribution in [0.5, 0.6) is 0 Å². The Bertz CT molecular complexity index is 1070. The largest absolute Gasteiger partial charge is 0.361 e. The minimum Gasteiger partial charge on any atom is -0.361 e. The Hall–Kier alpha value is -2.59. The number of nitrogens with zero attached hydrogens (tertiary/aromatic N) is 1. The molecular formula is C22H24FN3. The molecule has 0 radical (unpaired) electrons. The zero-order chi connectivity index (χ0) is 18.3. The van der Waals surface area contributed by atoms with Gasteiger partial charge in [-0.05, 0) is 62.2 Å². The standard InChI is InChI=1S/C22H24FN3/c1-3-26-14(2)18(17-6-4-5-7-22(17)26)10-15(12-24)20-13-25-21-9-8-16(23)11-19(20)21/h4-9,11,13,15,25H,3,10,12,24H2,1-2H3. The minimum absolute atomic E-state index is 0.139. The van der Waals surface area contributed by atoms with Crippen LogP contribution in [0.25, 0.3) is 21.8 Å². The number of para-hydroxylation sites is 1. The van der Waals surface area contributed by atoms with Crippen molar-refractivity contribution in [1.29, 1.82) is 0 Å². The fourth-order valence-corrected chi connectivity index (χ4v) is 4.19. The number of nitrogens with two attached hydrogens (primary N) is 1. The van der Waals surface area contributed by atoms with Crippen LogP contribution in [0.15, 0.2) is 48.7 Å². The molecule has 2 heterocycles. The van der Waals surface area contributed by atoms with E-state index < -0.39 is 0 Å². The van der Waals surface area contributed by atoms with Crippen molar-refractivity contribution in [2.24, 2.45) is 5.73 Å². The molecule has 0 aliphatic heterocycles. The first kappa shape index (κ1) is 16.9. The van der Waals surface area contributed by atoms with E-state index in [4.69, 9.17) is 5.73 Å². The number of H-pyrrole nitrogens is 1. The van der Waals surface area contributed by atoms with E-state index in [0.29, 0.717) is 6.54 Å². The van der Waals surface area contributed by atoms with Crippen LogP contribution >= 0.6 is 0 Å². The number of nitrogens with one attached hydrogen (secondary N) is 1. The van der Waals surface area contributed by atoms with Crippen LogP contribution in [0.3, 0.4) is 0 Å². The fraction of sp³-hybridized carbons (Fsp3) is 0.273. The molecule has 0 amide bonds. The summed E-state index contributed by atoms with van der Waals surface area (Å²) >= 11 is 0. The lowest BCUT2D eigenvalue weighted by Gasteiger charge is -2.15. The molecular weight excluding hydrogens is 325 g/mol. The lowest BCUT2D eigenvalue weighted by atomic mass is 9.90. The molecule has 0 aliphatic rings. The first-order chi connectivity index (χ1) is 12.6. The second-order valence-electron chi connectivity index (χ2n) is 6.90. The van der Waals surface area contributed by atoms with Gasteiger partial charge in [0.05, 0.1) is 0 Å². The van der Waals surface area contributed by atoms with E-state index in [1.807, 2.05) is 6.20 Å². The van der Waals surface area contributed by atoms with Crippen molar-refractivity contribution in [2.45, 2.75) is 32.7 Å².